The summed E-state index contributed by atoms with van der Waals surface area (Å²) in [5.41, 5.74) is 0.965. The number of benzene rings is 1. The van der Waals surface area contributed by atoms with Gasteiger partial charge in [0, 0.05) is 17.4 Å². The average Bonchev–Trinajstić information content (AvgIpc) is 3.11. The summed E-state index contributed by atoms with van der Waals surface area (Å²) < 4.78 is 7.25. The van der Waals surface area contributed by atoms with E-state index in [0.29, 0.717) is 11.7 Å². The summed E-state index contributed by atoms with van der Waals surface area (Å²) >= 11 is 7.40. The maximum atomic E-state index is 11.8. The summed E-state index contributed by atoms with van der Waals surface area (Å²) in [6.45, 7) is 1.35. The van der Waals surface area contributed by atoms with E-state index in [9.17, 15) is 4.79 Å². The van der Waals surface area contributed by atoms with Crippen LogP contribution >= 0.6 is 23.4 Å². The van der Waals surface area contributed by atoms with E-state index in [1.54, 1.807) is 4.57 Å². The fraction of sp³-hybridized carbons (Fsp3) is 0.429. The molecular weight excluding hydrogens is 310 g/mol. The molecule has 1 atom stereocenters. The van der Waals surface area contributed by atoms with Crippen LogP contribution in [-0.4, -0.2) is 27.5 Å². The summed E-state index contributed by atoms with van der Waals surface area (Å²) in [5, 5.41) is 8.03. The Bertz CT molecular complexity index is 647. The predicted octanol–water partition coefficient (Wildman–Crippen LogP) is 2.70. The lowest BCUT2D eigenvalue weighted by Crippen LogP contribution is -2.24. The Hall–Kier alpha value is -1.24. The van der Waals surface area contributed by atoms with Gasteiger partial charge in [0.25, 0.3) is 0 Å². The Kier molecular flexibility index (Phi) is 4.67. The van der Waals surface area contributed by atoms with Crippen LogP contribution in [0.1, 0.15) is 18.4 Å². The van der Waals surface area contributed by atoms with Gasteiger partial charge in [-0.15, -0.1) is 5.10 Å². The van der Waals surface area contributed by atoms with Crippen molar-refractivity contribution in [3.8, 4) is 0 Å². The maximum absolute atomic E-state index is 11.8. The molecule has 2 heterocycles. The van der Waals surface area contributed by atoms with Crippen molar-refractivity contribution >= 4 is 23.4 Å². The number of nitrogens with one attached hydrogen (secondary N) is 1. The van der Waals surface area contributed by atoms with Crippen molar-refractivity contribution in [3.63, 3.8) is 0 Å². The highest BCUT2D eigenvalue weighted by Gasteiger charge is 2.19. The molecule has 0 bridgehead atoms. The second kappa shape index (κ2) is 6.68. The third-order valence-corrected chi connectivity index (χ3v) is 4.71. The summed E-state index contributed by atoms with van der Waals surface area (Å²) in [6.07, 6.45) is 2.18. The summed E-state index contributed by atoms with van der Waals surface area (Å²) in [7, 11) is 0. The van der Waals surface area contributed by atoms with Crippen molar-refractivity contribution in [2.75, 3.05) is 6.61 Å². The SMILES string of the molecule is O=c1[nH]nc(SCc2ccc(Cl)cc2)n1CC1CCCO1. The number of H-pyrrole nitrogens is 1. The van der Waals surface area contributed by atoms with Gasteiger partial charge in [-0.3, -0.25) is 4.57 Å². The number of thioether (sulfide) groups is 1. The zero-order valence-electron chi connectivity index (χ0n) is 11.4. The number of hydrogen-bond acceptors (Lipinski definition) is 4. The van der Waals surface area contributed by atoms with E-state index in [2.05, 4.69) is 10.2 Å². The monoisotopic (exact) mass is 325 g/mol. The van der Waals surface area contributed by atoms with Crippen LogP contribution < -0.4 is 5.69 Å². The molecule has 0 amide bonds. The van der Waals surface area contributed by atoms with E-state index in [4.69, 9.17) is 16.3 Å². The molecule has 112 valence electrons. The Morgan fingerprint density at radius 3 is 2.95 bits per heavy atom. The highest BCUT2D eigenvalue weighted by atomic mass is 35.5. The Morgan fingerprint density at radius 1 is 1.43 bits per heavy atom. The lowest BCUT2D eigenvalue weighted by atomic mass is 10.2. The van der Waals surface area contributed by atoms with Crippen LogP contribution in [0, 0.1) is 0 Å². The molecule has 3 rings (SSSR count). The van der Waals surface area contributed by atoms with E-state index in [1.807, 2.05) is 24.3 Å². The van der Waals surface area contributed by atoms with Gasteiger partial charge in [-0.05, 0) is 30.5 Å². The Morgan fingerprint density at radius 2 is 2.24 bits per heavy atom. The van der Waals surface area contributed by atoms with Crippen molar-refractivity contribution in [2.24, 2.45) is 0 Å². The van der Waals surface area contributed by atoms with Gasteiger partial charge in [0.05, 0.1) is 12.6 Å². The number of aromatic nitrogens is 3. The molecule has 1 fully saturated rings. The van der Waals surface area contributed by atoms with E-state index in [0.717, 1.165) is 35.8 Å². The average molecular weight is 326 g/mol. The Labute approximate surface area is 131 Å². The van der Waals surface area contributed by atoms with Crippen LogP contribution in [0.25, 0.3) is 0 Å². The molecule has 1 aliphatic heterocycles. The number of rotatable bonds is 5. The maximum Gasteiger partial charge on any atom is 0.344 e. The molecule has 7 heteroatoms. The highest BCUT2D eigenvalue weighted by molar-refractivity contribution is 7.98. The fourth-order valence-electron chi connectivity index (χ4n) is 2.29. The van der Waals surface area contributed by atoms with Crippen molar-refractivity contribution in [3.05, 3.63) is 45.3 Å². The minimum Gasteiger partial charge on any atom is -0.376 e. The molecule has 1 aromatic heterocycles. The van der Waals surface area contributed by atoms with Crippen LogP contribution in [0.3, 0.4) is 0 Å². The quantitative estimate of drug-likeness (QED) is 0.859. The number of aromatic amines is 1. The van der Waals surface area contributed by atoms with Gasteiger partial charge in [-0.25, -0.2) is 9.89 Å². The van der Waals surface area contributed by atoms with Crippen molar-refractivity contribution in [1.82, 2.24) is 14.8 Å². The van der Waals surface area contributed by atoms with Gasteiger partial charge < -0.3 is 4.74 Å². The van der Waals surface area contributed by atoms with Crippen LogP contribution in [0.15, 0.2) is 34.2 Å². The number of nitrogens with zero attached hydrogens (tertiary/aromatic N) is 2. The smallest absolute Gasteiger partial charge is 0.344 e. The van der Waals surface area contributed by atoms with E-state index >= 15 is 0 Å². The minimum absolute atomic E-state index is 0.121. The molecule has 1 saturated heterocycles. The second-order valence-electron chi connectivity index (χ2n) is 4.97. The minimum atomic E-state index is -0.177. The molecule has 0 saturated carbocycles. The molecule has 21 heavy (non-hydrogen) atoms. The topological polar surface area (TPSA) is 59.9 Å². The van der Waals surface area contributed by atoms with Gasteiger partial charge in [0.15, 0.2) is 5.16 Å². The van der Waals surface area contributed by atoms with Crippen LogP contribution in [0.5, 0.6) is 0 Å². The van der Waals surface area contributed by atoms with Gasteiger partial charge in [0.2, 0.25) is 0 Å². The van der Waals surface area contributed by atoms with Gasteiger partial charge in [0.1, 0.15) is 0 Å². The lowest BCUT2D eigenvalue weighted by Gasteiger charge is -2.10. The summed E-state index contributed by atoms with van der Waals surface area (Å²) in [4.78, 5) is 11.8. The molecule has 1 unspecified atom stereocenters. The van der Waals surface area contributed by atoms with E-state index in [1.165, 1.54) is 11.8 Å². The van der Waals surface area contributed by atoms with Crippen molar-refractivity contribution in [1.29, 1.82) is 0 Å². The van der Waals surface area contributed by atoms with Gasteiger partial charge >= 0.3 is 5.69 Å². The molecular formula is C14H16ClN3O2S. The largest absolute Gasteiger partial charge is 0.376 e. The zero-order valence-corrected chi connectivity index (χ0v) is 13.0. The predicted molar refractivity (Wildman–Crippen MR) is 82.8 cm³/mol. The molecule has 5 nitrogen and oxygen atoms in total. The first kappa shape index (κ1) is 14.7. The molecule has 0 spiro atoms. The van der Waals surface area contributed by atoms with E-state index < -0.39 is 0 Å². The standard InChI is InChI=1S/C14H16ClN3O2S/c15-11-5-3-10(4-6-11)9-21-14-17-16-13(19)18(14)8-12-2-1-7-20-12/h3-6,12H,1-2,7-9H2,(H,16,19). The normalized spacial score (nSPS) is 18.2. The van der Waals surface area contributed by atoms with E-state index in [-0.39, 0.29) is 11.8 Å². The lowest BCUT2D eigenvalue weighted by molar-refractivity contribution is 0.0941. The van der Waals surface area contributed by atoms with Gasteiger partial charge in [-0.2, -0.15) is 0 Å². The first-order valence-electron chi connectivity index (χ1n) is 6.86. The number of halogens is 1. The molecule has 1 aromatic carbocycles. The Balaban J connectivity index is 1.67. The summed E-state index contributed by atoms with van der Waals surface area (Å²) in [5.74, 6) is 0.743. The van der Waals surface area contributed by atoms with Gasteiger partial charge in [-0.1, -0.05) is 35.5 Å². The fourth-order valence-corrected chi connectivity index (χ4v) is 3.33. The third-order valence-electron chi connectivity index (χ3n) is 3.41. The molecule has 1 aliphatic rings. The van der Waals surface area contributed by atoms with Crippen LogP contribution in [-0.2, 0) is 17.0 Å². The molecule has 0 aliphatic carbocycles. The molecule has 1 N–H and O–H groups in total. The van der Waals surface area contributed by atoms with Crippen LogP contribution in [0.4, 0.5) is 0 Å². The molecule has 0 radical (unpaired) electrons. The second-order valence-corrected chi connectivity index (χ2v) is 6.35. The summed E-state index contributed by atoms with van der Waals surface area (Å²) in [6, 6.07) is 7.68. The first-order valence-corrected chi connectivity index (χ1v) is 8.23. The molecule has 2 aromatic rings. The zero-order chi connectivity index (χ0) is 14.7. The first-order chi connectivity index (χ1) is 10.2. The number of ether oxygens (including phenoxy) is 1. The van der Waals surface area contributed by atoms with Crippen LogP contribution in [0.2, 0.25) is 5.02 Å². The van der Waals surface area contributed by atoms with Crippen molar-refractivity contribution in [2.45, 2.75) is 36.4 Å². The third kappa shape index (κ3) is 3.70. The van der Waals surface area contributed by atoms with Crippen molar-refractivity contribution < 1.29 is 4.74 Å². The highest BCUT2D eigenvalue weighted by Crippen LogP contribution is 2.22. The number of hydrogen-bond donors (Lipinski definition) is 1.